The fraction of sp³-hybridized carbons (Fsp3) is 0.846. The van der Waals surface area contributed by atoms with Crippen molar-refractivity contribution in [3.63, 3.8) is 0 Å². The minimum atomic E-state index is -0.924. The fourth-order valence-electron chi connectivity index (χ4n) is 2.46. The SMILES string of the molecule is CC(C)(C)N(C(CSCC(=O)O)C(=O)O)C(C)(C)C.Cl. The molecule has 0 bridgehead atoms. The lowest BCUT2D eigenvalue weighted by molar-refractivity contribution is -0.148. The van der Waals surface area contributed by atoms with Gasteiger partial charge in [0.2, 0.25) is 0 Å². The first-order chi connectivity index (χ1) is 8.37. The molecular weight excluding hydrogens is 302 g/mol. The summed E-state index contributed by atoms with van der Waals surface area (Å²) in [6.07, 6.45) is 0. The minimum absolute atomic E-state index is 0. The molecule has 0 saturated heterocycles. The van der Waals surface area contributed by atoms with E-state index in [2.05, 4.69) is 0 Å². The minimum Gasteiger partial charge on any atom is -0.481 e. The monoisotopic (exact) mass is 327 g/mol. The molecule has 0 spiro atoms. The van der Waals surface area contributed by atoms with Gasteiger partial charge >= 0.3 is 11.9 Å². The molecule has 0 aromatic heterocycles. The van der Waals surface area contributed by atoms with Gasteiger partial charge in [-0.3, -0.25) is 14.5 Å². The van der Waals surface area contributed by atoms with Gasteiger partial charge in [-0.15, -0.1) is 24.2 Å². The lowest BCUT2D eigenvalue weighted by Gasteiger charge is -2.48. The normalized spacial score (nSPS) is 13.8. The Hall–Kier alpha value is -0.460. The highest BCUT2D eigenvalue weighted by Gasteiger charge is 2.40. The van der Waals surface area contributed by atoms with E-state index in [9.17, 15) is 14.7 Å². The van der Waals surface area contributed by atoms with Crippen LogP contribution in [0.3, 0.4) is 0 Å². The van der Waals surface area contributed by atoms with Gasteiger partial charge in [0.15, 0.2) is 0 Å². The standard InChI is InChI=1S/C13H25NO4S.ClH/c1-12(2,3)14(13(4,5)6)9(11(17)18)7-19-8-10(15)16;/h9H,7-8H2,1-6H3,(H,15,16)(H,17,18);1H. The van der Waals surface area contributed by atoms with Gasteiger partial charge in [-0.2, -0.15) is 0 Å². The fourth-order valence-corrected chi connectivity index (χ4v) is 3.26. The van der Waals surface area contributed by atoms with Gasteiger partial charge in [-0.1, -0.05) is 0 Å². The Morgan fingerprint density at radius 1 is 1.05 bits per heavy atom. The zero-order valence-electron chi connectivity index (χ0n) is 13.0. The summed E-state index contributed by atoms with van der Waals surface area (Å²) >= 11 is 1.14. The van der Waals surface area contributed by atoms with Crippen LogP contribution in [-0.2, 0) is 9.59 Å². The maximum atomic E-state index is 11.5. The van der Waals surface area contributed by atoms with Crippen molar-refractivity contribution in [1.29, 1.82) is 0 Å². The second-order valence-corrected chi connectivity index (χ2v) is 7.50. The van der Waals surface area contributed by atoms with Gasteiger partial charge in [0, 0.05) is 16.8 Å². The quantitative estimate of drug-likeness (QED) is 0.780. The highest BCUT2D eigenvalue weighted by molar-refractivity contribution is 8.00. The number of nitrogens with zero attached hydrogens (tertiary/aromatic N) is 1. The van der Waals surface area contributed by atoms with Crippen LogP contribution in [0.2, 0.25) is 0 Å². The predicted molar refractivity (Wildman–Crippen MR) is 85.0 cm³/mol. The molecule has 2 N–H and O–H groups in total. The van der Waals surface area contributed by atoms with Crippen LogP contribution >= 0.6 is 24.2 Å². The molecule has 7 heteroatoms. The maximum Gasteiger partial charge on any atom is 0.321 e. The molecule has 0 amide bonds. The van der Waals surface area contributed by atoms with E-state index in [0.29, 0.717) is 0 Å². The Morgan fingerprint density at radius 2 is 1.45 bits per heavy atom. The second kappa shape index (κ2) is 8.10. The smallest absolute Gasteiger partial charge is 0.321 e. The number of carbonyl (C=O) groups is 2. The molecule has 5 nitrogen and oxygen atoms in total. The summed E-state index contributed by atoms with van der Waals surface area (Å²) in [4.78, 5) is 24.0. The molecule has 0 aromatic carbocycles. The van der Waals surface area contributed by atoms with Crippen molar-refractivity contribution in [3.8, 4) is 0 Å². The Morgan fingerprint density at radius 3 is 1.70 bits per heavy atom. The molecule has 0 fully saturated rings. The van der Waals surface area contributed by atoms with Crippen molar-refractivity contribution in [3.05, 3.63) is 0 Å². The summed E-state index contributed by atoms with van der Waals surface area (Å²) in [5, 5.41) is 18.1. The molecule has 0 aliphatic carbocycles. The molecule has 0 saturated carbocycles. The number of carboxylic acids is 2. The Kier molecular flexibility index (Phi) is 8.84. The zero-order chi connectivity index (χ0) is 15.4. The van der Waals surface area contributed by atoms with Gasteiger partial charge in [0.25, 0.3) is 0 Å². The lowest BCUT2D eigenvalue weighted by atomic mass is 9.93. The van der Waals surface area contributed by atoms with E-state index in [1.54, 1.807) is 0 Å². The third kappa shape index (κ3) is 7.36. The Labute approximate surface area is 131 Å². The molecule has 0 aliphatic rings. The highest BCUT2D eigenvalue weighted by atomic mass is 35.5. The average Bonchev–Trinajstić information content (AvgIpc) is 2.10. The van der Waals surface area contributed by atoms with E-state index in [1.807, 2.05) is 46.4 Å². The highest BCUT2D eigenvalue weighted by Crippen LogP contribution is 2.29. The van der Waals surface area contributed by atoms with Gasteiger partial charge in [-0.05, 0) is 41.5 Å². The van der Waals surface area contributed by atoms with Gasteiger partial charge < -0.3 is 10.2 Å². The summed E-state index contributed by atoms with van der Waals surface area (Å²) in [6.45, 7) is 11.8. The third-order valence-electron chi connectivity index (χ3n) is 2.54. The summed E-state index contributed by atoms with van der Waals surface area (Å²) < 4.78 is 0. The Bertz CT molecular complexity index is 322. The first-order valence-electron chi connectivity index (χ1n) is 6.19. The predicted octanol–water partition coefficient (Wildman–Crippen LogP) is 2.58. The number of halogens is 1. The van der Waals surface area contributed by atoms with E-state index in [-0.39, 0.29) is 35.0 Å². The van der Waals surface area contributed by atoms with E-state index in [0.717, 1.165) is 11.8 Å². The molecular formula is C13H26ClNO4S. The molecule has 0 heterocycles. The van der Waals surface area contributed by atoms with Crippen LogP contribution in [0.15, 0.2) is 0 Å². The van der Waals surface area contributed by atoms with Crippen LogP contribution in [0, 0.1) is 0 Å². The van der Waals surface area contributed by atoms with Crippen molar-refractivity contribution in [1.82, 2.24) is 4.90 Å². The van der Waals surface area contributed by atoms with Crippen LogP contribution in [0.4, 0.5) is 0 Å². The van der Waals surface area contributed by atoms with Crippen molar-refractivity contribution in [2.75, 3.05) is 11.5 Å². The van der Waals surface area contributed by atoms with E-state index in [4.69, 9.17) is 5.11 Å². The molecule has 20 heavy (non-hydrogen) atoms. The lowest BCUT2D eigenvalue weighted by Crippen LogP contribution is -2.60. The summed E-state index contributed by atoms with van der Waals surface area (Å²) in [6, 6.07) is -0.704. The van der Waals surface area contributed by atoms with Crippen LogP contribution in [0.25, 0.3) is 0 Å². The molecule has 0 aromatic rings. The van der Waals surface area contributed by atoms with Crippen molar-refractivity contribution in [2.45, 2.75) is 58.7 Å². The molecule has 120 valence electrons. The largest absolute Gasteiger partial charge is 0.481 e. The maximum absolute atomic E-state index is 11.5. The zero-order valence-corrected chi connectivity index (χ0v) is 14.6. The molecule has 0 aliphatic heterocycles. The summed E-state index contributed by atoms with van der Waals surface area (Å²) in [7, 11) is 0. The molecule has 1 atom stereocenters. The first kappa shape index (κ1) is 21.8. The van der Waals surface area contributed by atoms with E-state index < -0.39 is 18.0 Å². The van der Waals surface area contributed by atoms with Crippen molar-refractivity contribution in [2.24, 2.45) is 0 Å². The summed E-state index contributed by atoms with van der Waals surface area (Å²) in [5.74, 6) is -1.66. The van der Waals surface area contributed by atoms with Gasteiger partial charge in [-0.25, -0.2) is 0 Å². The van der Waals surface area contributed by atoms with E-state index in [1.165, 1.54) is 0 Å². The van der Waals surface area contributed by atoms with Gasteiger partial charge in [0.1, 0.15) is 6.04 Å². The summed E-state index contributed by atoms with van der Waals surface area (Å²) in [5.41, 5.74) is -0.629. The number of carboxylic acid groups (broad SMARTS) is 2. The van der Waals surface area contributed by atoms with Crippen LogP contribution in [0.1, 0.15) is 41.5 Å². The van der Waals surface area contributed by atoms with Crippen LogP contribution in [0.5, 0.6) is 0 Å². The topological polar surface area (TPSA) is 77.8 Å². The molecule has 0 rings (SSSR count). The third-order valence-corrected chi connectivity index (χ3v) is 3.55. The number of thioether (sulfide) groups is 1. The second-order valence-electron chi connectivity index (χ2n) is 6.47. The van der Waals surface area contributed by atoms with E-state index >= 15 is 0 Å². The van der Waals surface area contributed by atoms with Crippen molar-refractivity contribution < 1.29 is 19.8 Å². The van der Waals surface area contributed by atoms with Crippen molar-refractivity contribution >= 4 is 36.1 Å². The molecule has 1 unspecified atom stereocenters. The first-order valence-corrected chi connectivity index (χ1v) is 7.34. The van der Waals surface area contributed by atoms with Gasteiger partial charge in [0.05, 0.1) is 5.75 Å². The number of rotatable bonds is 6. The number of aliphatic carboxylic acids is 2. The average molecular weight is 328 g/mol. The number of hydrogen-bond acceptors (Lipinski definition) is 4. The Balaban J connectivity index is 0. The number of hydrogen-bond donors (Lipinski definition) is 2. The van der Waals surface area contributed by atoms with Crippen LogP contribution < -0.4 is 0 Å². The van der Waals surface area contributed by atoms with Crippen LogP contribution in [-0.4, -0.2) is 55.7 Å². The molecule has 0 radical (unpaired) electrons.